The monoisotopic (exact) mass is 340 g/mol. The Balaban J connectivity index is 2.40. The zero-order valence-electron chi connectivity index (χ0n) is 11.3. The lowest BCUT2D eigenvalue weighted by Gasteiger charge is -2.04. The summed E-state index contributed by atoms with van der Waals surface area (Å²) in [7, 11) is -4.18. The molecule has 0 saturated heterocycles. The highest BCUT2D eigenvalue weighted by Crippen LogP contribution is 2.23. The van der Waals surface area contributed by atoms with Gasteiger partial charge in [-0.05, 0) is 24.3 Å². The van der Waals surface area contributed by atoms with E-state index in [-0.39, 0.29) is 4.90 Å². The summed E-state index contributed by atoms with van der Waals surface area (Å²) in [5.41, 5.74) is -0.510. The molecule has 0 aliphatic heterocycles. The van der Waals surface area contributed by atoms with Crippen LogP contribution >= 0.6 is 0 Å². The number of carboxylic acid groups (broad SMARTS) is 1. The third kappa shape index (κ3) is 3.31. The van der Waals surface area contributed by atoms with Gasteiger partial charge in [0, 0.05) is 0 Å². The Morgan fingerprint density at radius 2 is 1.78 bits per heavy atom. The van der Waals surface area contributed by atoms with Gasteiger partial charge in [0.1, 0.15) is 16.4 Å². The number of halogens is 1. The summed E-state index contributed by atoms with van der Waals surface area (Å²) < 4.78 is 37.7. The maximum Gasteiger partial charge on any atom is 0.372 e. The van der Waals surface area contributed by atoms with Crippen molar-refractivity contribution in [3.8, 4) is 0 Å². The molecule has 1 heterocycles. The van der Waals surface area contributed by atoms with Crippen molar-refractivity contribution < 1.29 is 32.3 Å². The Morgan fingerprint density at radius 1 is 1.17 bits per heavy atom. The van der Waals surface area contributed by atoms with E-state index in [0.717, 1.165) is 30.5 Å². The molecule has 0 bridgehead atoms. The maximum atomic E-state index is 12.9. The van der Waals surface area contributed by atoms with E-state index in [4.69, 9.17) is 5.11 Å². The van der Waals surface area contributed by atoms with Gasteiger partial charge in [-0.25, -0.2) is 17.6 Å². The third-order valence-corrected chi connectivity index (χ3v) is 4.64. The summed E-state index contributed by atoms with van der Waals surface area (Å²) in [5, 5.41) is 14.1. The summed E-state index contributed by atoms with van der Waals surface area (Å²) in [6.07, 6.45) is -0.152. The lowest BCUT2D eigenvalue weighted by Crippen LogP contribution is -2.18. The number of hydrogen-bond donors (Lipinski definition) is 2. The smallest absolute Gasteiger partial charge is 0.372 e. The van der Waals surface area contributed by atoms with Crippen molar-refractivity contribution in [1.82, 2.24) is 10.2 Å². The predicted octanol–water partition coefficient (Wildman–Crippen LogP) is 0.608. The molecular formula is C13H9FN2O6S. The van der Waals surface area contributed by atoms with Crippen LogP contribution in [-0.2, 0) is 19.4 Å². The number of ketones is 2. The van der Waals surface area contributed by atoms with Crippen LogP contribution in [0.1, 0.15) is 16.9 Å². The lowest BCUT2D eigenvalue weighted by molar-refractivity contribution is -0.148. The van der Waals surface area contributed by atoms with Crippen LogP contribution < -0.4 is 0 Å². The molecule has 8 nitrogen and oxygen atoms in total. The average Bonchev–Trinajstić information content (AvgIpc) is 2.97. The first-order valence-electron chi connectivity index (χ1n) is 6.07. The van der Waals surface area contributed by atoms with E-state index in [2.05, 4.69) is 10.2 Å². The van der Waals surface area contributed by atoms with Crippen LogP contribution in [0.15, 0.2) is 40.3 Å². The summed E-state index contributed by atoms with van der Waals surface area (Å²) in [6.45, 7) is 0. The lowest BCUT2D eigenvalue weighted by atomic mass is 10.1. The number of aromatic nitrogens is 2. The van der Waals surface area contributed by atoms with Gasteiger partial charge in [-0.15, -0.1) is 0 Å². The highest BCUT2D eigenvalue weighted by Gasteiger charge is 2.28. The van der Waals surface area contributed by atoms with Gasteiger partial charge in [-0.3, -0.25) is 14.7 Å². The van der Waals surface area contributed by atoms with Crippen LogP contribution in [0.25, 0.3) is 0 Å². The van der Waals surface area contributed by atoms with E-state index in [1.54, 1.807) is 0 Å². The number of carbonyl (C=O) groups excluding carboxylic acids is 2. The van der Waals surface area contributed by atoms with Gasteiger partial charge >= 0.3 is 5.97 Å². The molecule has 1 aromatic carbocycles. The maximum absolute atomic E-state index is 12.9. The van der Waals surface area contributed by atoms with Crippen LogP contribution in [0.4, 0.5) is 4.39 Å². The number of aliphatic carboxylic acids is 1. The minimum Gasteiger partial charge on any atom is -0.475 e. The summed E-state index contributed by atoms with van der Waals surface area (Å²) in [6, 6.07) is 3.88. The molecular weight excluding hydrogens is 331 g/mol. The number of Topliss-reactive ketones (excluding diaryl/α,β-unsaturated/α-hetero) is 2. The third-order valence-electron chi connectivity index (χ3n) is 2.86. The molecule has 120 valence electrons. The molecule has 1 aromatic heterocycles. The van der Waals surface area contributed by atoms with Gasteiger partial charge in [-0.1, -0.05) is 0 Å². The van der Waals surface area contributed by atoms with Gasteiger partial charge in [0.15, 0.2) is 5.78 Å². The number of aromatic amines is 1. The number of benzene rings is 1. The first kappa shape index (κ1) is 16.5. The topological polar surface area (TPSA) is 134 Å². The standard InChI is InChI=1S/C13H9FN2O6S/c14-7-1-3-8(4-2-7)23(21,22)11-6-15-16-12(11)9(17)5-10(18)13(19)20/h1-4,6H,5H2,(H,15,16)(H,19,20). The Labute approximate surface area is 128 Å². The molecule has 0 fully saturated rings. The van der Waals surface area contributed by atoms with Crippen LogP contribution in [0, 0.1) is 5.82 Å². The van der Waals surface area contributed by atoms with E-state index >= 15 is 0 Å². The summed E-state index contributed by atoms with van der Waals surface area (Å²) in [4.78, 5) is 32.6. The van der Waals surface area contributed by atoms with Gasteiger partial charge in [0.25, 0.3) is 0 Å². The molecule has 0 atom stereocenters. The SMILES string of the molecule is O=C(O)C(=O)CC(=O)c1[nH]ncc1S(=O)(=O)c1ccc(F)cc1. The minimum absolute atomic E-state index is 0.279. The molecule has 2 N–H and O–H groups in total. The Kier molecular flexibility index (Phi) is 4.36. The minimum atomic E-state index is -4.18. The Morgan fingerprint density at radius 3 is 2.35 bits per heavy atom. The summed E-state index contributed by atoms with van der Waals surface area (Å²) in [5.74, 6) is -4.86. The molecule has 10 heteroatoms. The fourth-order valence-electron chi connectivity index (χ4n) is 1.73. The summed E-state index contributed by atoms with van der Waals surface area (Å²) >= 11 is 0. The zero-order chi connectivity index (χ0) is 17.2. The average molecular weight is 340 g/mol. The molecule has 0 amide bonds. The van der Waals surface area contributed by atoms with Crippen molar-refractivity contribution in [3.63, 3.8) is 0 Å². The largest absolute Gasteiger partial charge is 0.475 e. The normalized spacial score (nSPS) is 11.2. The van der Waals surface area contributed by atoms with Gasteiger partial charge in [0.05, 0.1) is 17.5 Å². The molecule has 2 aromatic rings. The quantitative estimate of drug-likeness (QED) is 0.340. The number of nitrogens with one attached hydrogen (secondary N) is 1. The van der Waals surface area contributed by atoms with Crippen molar-refractivity contribution in [1.29, 1.82) is 0 Å². The van der Waals surface area contributed by atoms with Crippen LogP contribution in [0.3, 0.4) is 0 Å². The number of H-pyrrole nitrogens is 1. The van der Waals surface area contributed by atoms with Gasteiger partial charge < -0.3 is 5.11 Å². The predicted molar refractivity (Wildman–Crippen MR) is 72.0 cm³/mol. The molecule has 0 saturated carbocycles. The number of sulfone groups is 1. The van der Waals surface area contributed by atoms with E-state index < -0.39 is 50.2 Å². The van der Waals surface area contributed by atoms with E-state index in [1.165, 1.54) is 0 Å². The Bertz CT molecular complexity index is 885. The second-order valence-corrected chi connectivity index (χ2v) is 6.31. The van der Waals surface area contributed by atoms with Gasteiger partial charge in [-0.2, -0.15) is 5.10 Å². The molecule has 0 aliphatic rings. The van der Waals surface area contributed by atoms with E-state index in [0.29, 0.717) is 0 Å². The second kappa shape index (κ2) is 6.08. The van der Waals surface area contributed by atoms with Crippen LogP contribution in [0.5, 0.6) is 0 Å². The van der Waals surface area contributed by atoms with Crippen molar-refractivity contribution in [2.45, 2.75) is 16.2 Å². The number of carbonyl (C=O) groups is 3. The highest BCUT2D eigenvalue weighted by atomic mass is 32.2. The molecule has 2 rings (SSSR count). The van der Waals surface area contributed by atoms with Gasteiger partial charge in [0.2, 0.25) is 15.6 Å². The number of hydrogen-bond acceptors (Lipinski definition) is 6. The van der Waals surface area contributed by atoms with Crippen molar-refractivity contribution in [2.24, 2.45) is 0 Å². The molecule has 0 unspecified atom stereocenters. The van der Waals surface area contributed by atoms with E-state index in [1.807, 2.05) is 0 Å². The number of carboxylic acids is 1. The second-order valence-electron chi connectivity index (χ2n) is 4.39. The van der Waals surface area contributed by atoms with Crippen LogP contribution in [0.2, 0.25) is 0 Å². The zero-order valence-corrected chi connectivity index (χ0v) is 12.1. The Hall–Kier alpha value is -2.88. The fraction of sp³-hybridized carbons (Fsp3) is 0.0769. The fourth-order valence-corrected chi connectivity index (χ4v) is 3.10. The van der Waals surface area contributed by atoms with Crippen LogP contribution in [-0.4, -0.2) is 41.3 Å². The molecule has 0 radical (unpaired) electrons. The van der Waals surface area contributed by atoms with Crippen molar-refractivity contribution >= 4 is 27.4 Å². The molecule has 23 heavy (non-hydrogen) atoms. The van der Waals surface area contributed by atoms with Crippen molar-refractivity contribution in [3.05, 3.63) is 42.0 Å². The first-order valence-corrected chi connectivity index (χ1v) is 7.55. The highest BCUT2D eigenvalue weighted by molar-refractivity contribution is 7.91. The molecule has 0 spiro atoms. The first-order chi connectivity index (χ1) is 10.7. The molecule has 0 aliphatic carbocycles. The number of nitrogens with zero attached hydrogens (tertiary/aromatic N) is 1. The number of rotatable bonds is 6. The van der Waals surface area contributed by atoms with E-state index in [9.17, 15) is 27.2 Å². The van der Waals surface area contributed by atoms with Crippen molar-refractivity contribution in [2.75, 3.05) is 0 Å².